The van der Waals surface area contributed by atoms with E-state index in [0.29, 0.717) is 23.6 Å². The number of hydrogen-bond acceptors (Lipinski definition) is 6. The van der Waals surface area contributed by atoms with Gasteiger partial charge in [-0.3, -0.25) is 4.79 Å². The molecular weight excluding hydrogens is 420 g/mol. The predicted octanol–water partition coefficient (Wildman–Crippen LogP) is 4.08. The largest absolute Gasteiger partial charge is 0.491 e. The van der Waals surface area contributed by atoms with E-state index in [1.165, 1.54) is 0 Å². The van der Waals surface area contributed by atoms with Crippen molar-refractivity contribution in [3.8, 4) is 5.75 Å². The minimum atomic E-state index is -0.800. The molecule has 0 aliphatic carbocycles. The van der Waals surface area contributed by atoms with Crippen LogP contribution in [0.1, 0.15) is 39.5 Å². The Morgan fingerprint density at radius 2 is 2.10 bits per heavy atom. The van der Waals surface area contributed by atoms with Crippen molar-refractivity contribution in [1.29, 1.82) is 0 Å². The van der Waals surface area contributed by atoms with Gasteiger partial charge in [0.05, 0.1) is 24.9 Å². The third-order valence-corrected chi connectivity index (χ3v) is 5.07. The lowest BCUT2D eigenvalue weighted by Gasteiger charge is -2.17. The molecule has 1 aromatic carbocycles. The summed E-state index contributed by atoms with van der Waals surface area (Å²) in [6.07, 6.45) is 8.24. The summed E-state index contributed by atoms with van der Waals surface area (Å²) in [5, 5.41) is 20.9. The van der Waals surface area contributed by atoms with Crippen LogP contribution in [0.4, 0.5) is 0 Å². The molecule has 1 heterocycles. The van der Waals surface area contributed by atoms with E-state index >= 15 is 0 Å². The Balaban J connectivity index is 1.71. The first-order valence-electron chi connectivity index (χ1n) is 10.7. The van der Waals surface area contributed by atoms with Crippen LogP contribution in [0.2, 0.25) is 5.02 Å². The van der Waals surface area contributed by atoms with Crippen LogP contribution in [0.25, 0.3) is 0 Å². The van der Waals surface area contributed by atoms with E-state index in [1.54, 1.807) is 36.4 Å². The molecule has 2 N–H and O–H groups in total. The summed E-state index contributed by atoms with van der Waals surface area (Å²) >= 11 is 5.92. The van der Waals surface area contributed by atoms with Crippen molar-refractivity contribution >= 4 is 17.6 Å². The molecule has 0 saturated carbocycles. The fourth-order valence-electron chi connectivity index (χ4n) is 3.31. The van der Waals surface area contributed by atoms with Gasteiger partial charge in [-0.2, -0.15) is 0 Å². The SMILES string of the molecule is CC(C)OC(=O)CC/C=C/CCC1C(O)COC1/C=C/C(O)COc1cccc(Cl)c1. The number of allylic oxidation sites excluding steroid dienone is 2. The fourth-order valence-corrected chi connectivity index (χ4v) is 3.49. The zero-order chi connectivity index (χ0) is 22.6. The third kappa shape index (κ3) is 9.87. The Kier molecular flexibility index (Phi) is 11.1. The Labute approximate surface area is 189 Å². The van der Waals surface area contributed by atoms with Gasteiger partial charge in [0, 0.05) is 17.4 Å². The van der Waals surface area contributed by atoms with Crippen LogP contribution in [0.15, 0.2) is 48.6 Å². The topological polar surface area (TPSA) is 85.2 Å². The van der Waals surface area contributed by atoms with Gasteiger partial charge < -0.3 is 24.4 Å². The molecular formula is C24H33ClO6. The van der Waals surface area contributed by atoms with Crippen LogP contribution in [-0.4, -0.2) is 53.8 Å². The average molecular weight is 453 g/mol. The Morgan fingerprint density at radius 3 is 2.84 bits per heavy atom. The van der Waals surface area contributed by atoms with Gasteiger partial charge in [0.25, 0.3) is 0 Å². The molecule has 0 aromatic heterocycles. The van der Waals surface area contributed by atoms with E-state index in [4.69, 9.17) is 25.8 Å². The first-order chi connectivity index (χ1) is 14.8. The van der Waals surface area contributed by atoms with Gasteiger partial charge >= 0.3 is 5.97 Å². The van der Waals surface area contributed by atoms with Gasteiger partial charge in [0.2, 0.25) is 0 Å². The number of aliphatic hydroxyl groups excluding tert-OH is 2. The van der Waals surface area contributed by atoms with E-state index in [2.05, 4.69) is 0 Å². The summed E-state index contributed by atoms with van der Waals surface area (Å²) in [6.45, 7) is 4.04. The second kappa shape index (κ2) is 13.5. The highest BCUT2D eigenvalue weighted by molar-refractivity contribution is 6.30. The maximum atomic E-state index is 11.5. The summed E-state index contributed by atoms with van der Waals surface area (Å²) in [6, 6.07) is 6.99. The molecule has 2 rings (SSSR count). The maximum absolute atomic E-state index is 11.5. The first kappa shape index (κ1) is 25.4. The van der Waals surface area contributed by atoms with Crippen LogP contribution in [0, 0.1) is 5.92 Å². The summed E-state index contributed by atoms with van der Waals surface area (Å²) in [5.74, 6) is 0.352. The van der Waals surface area contributed by atoms with Gasteiger partial charge in [-0.25, -0.2) is 0 Å². The molecule has 1 aliphatic heterocycles. The standard InChI is InChI=1S/C24H33ClO6/c1-17(2)31-24(28)11-6-4-3-5-10-21-22(27)16-30-23(21)13-12-19(26)15-29-20-9-7-8-18(25)14-20/h3-4,7-9,12-14,17,19,21-23,26-27H,5-6,10-11,15-16H2,1-2H3/b4-3+,13-12+. The molecule has 1 aromatic rings. The second-order valence-corrected chi connectivity index (χ2v) is 8.31. The number of halogens is 1. The Bertz CT molecular complexity index is 733. The zero-order valence-corrected chi connectivity index (χ0v) is 18.9. The van der Waals surface area contributed by atoms with Gasteiger partial charge in [-0.1, -0.05) is 42.0 Å². The minimum absolute atomic E-state index is 0.0483. The number of esters is 1. The summed E-state index contributed by atoms with van der Waals surface area (Å²) in [4.78, 5) is 11.5. The Morgan fingerprint density at radius 1 is 1.32 bits per heavy atom. The smallest absolute Gasteiger partial charge is 0.306 e. The molecule has 4 atom stereocenters. The molecule has 4 unspecified atom stereocenters. The molecule has 0 radical (unpaired) electrons. The van der Waals surface area contributed by atoms with Crippen LogP contribution < -0.4 is 4.74 Å². The lowest BCUT2D eigenvalue weighted by atomic mass is 9.93. The molecule has 1 fully saturated rings. The first-order valence-corrected chi connectivity index (χ1v) is 11.1. The van der Waals surface area contributed by atoms with Crippen molar-refractivity contribution in [2.45, 2.75) is 63.9 Å². The number of ether oxygens (including phenoxy) is 3. The Hall–Kier alpha value is -1.86. The maximum Gasteiger partial charge on any atom is 0.306 e. The molecule has 0 spiro atoms. The fraction of sp³-hybridized carbons (Fsp3) is 0.542. The monoisotopic (exact) mass is 452 g/mol. The average Bonchev–Trinajstić information content (AvgIpc) is 3.06. The zero-order valence-electron chi connectivity index (χ0n) is 18.2. The van der Waals surface area contributed by atoms with Crippen molar-refractivity contribution in [3.63, 3.8) is 0 Å². The number of carbonyl (C=O) groups excluding carboxylic acids is 1. The van der Waals surface area contributed by atoms with E-state index in [0.717, 1.165) is 12.8 Å². The number of rotatable bonds is 12. The molecule has 1 saturated heterocycles. The third-order valence-electron chi connectivity index (χ3n) is 4.83. The summed E-state index contributed by atoms with van der Waals surface area (Å²) in [7, 11) is 0. The van der Waals surface area contributed by atoms with E-state index in [9.17, 15) is 15.0 Å². The van der Waals surface area contributed by atoms with Crippen molar-refractivity contribution in [3.05, 3.63) is 53.6 Å². The molecule has 7 heteroatoms. The molecule has 31 heavy (non-hydrogen) atoms. The highest BCUT2D eigenvalue weighted by Crippen LogP contribution is 2.27. The molecule has 172 valence electrons. The second-order valence-electron chi connectivity index (χ2n) is 7.88. The normalized spacial score (nSPS) is 22.5. The van der Waals surface area contributed by atoms with Gasteiger partial charge in [0.1, 0.15) is 18.5 Å². The number of aliphatic hydroxyl groups is 2. The molecule has 0 amide bonds. The number of carbonyl (C=O) groups is 1. The highest BCUT2D eigenvalue weighted by atomic mass is 35.5. The van der Waals surface area contributed by atoms with Gasteiger partial charge in [0.15, 0.2) is 0 Å². The van der Waals surface area contributed by atoms with E-state index in [1.807, 2.05) is 26.0 Å². The highest BCUT2D eigenvalue weighted by Gasteiger charge is 2.33. The minimum Gasteiger partial charge on any atom is -0.491 e. The summed E-state index contributed by atoms with van der Waals surface area (Å²) < 4.78 is 16.3. The van der Waals surface area contributed by atoms with E-state index < -0.39 is 12.2 Å². The number of hydrogen-bond donors (Lipinski definition) is 2. The van der Waals surface area contributed by atoms with Crippen LogP contribution in [0.3, 0.4) is 0 Å². The van der Waals surface area contributed by atoms with Crippen LogP contribution in [-0.2, 0) is 14.3 Å². The van der Waals surface area contributed by atoms with Crippen LogP contribution in [0.5, 0.6) is 5.75 Å². The summed E-state index contributed by atoms with van der Waals surface area (Å²) in [5.41, 5.74) is 0. The molecule has 1 aliphatic rings. The molecule has 6 nitrogen and oxygen atoms in total. The van der Waals surface area contributed by atoms with Crippen molar-refractivity contribution in [2.75, 3.05) is 13.2 Å². The van der Waals surface area contributed by atoms with Crippen LogP contribution >= 0.6 is 11.6 Å². The van der Waals surface area contributed by atoms with Gasteiger partial charge in [-0.15, -0.1) is 0 Å². The predicted molar refractivity (Wildman–Crippen MR) is 120 cm³/mol. The number of benzene rings is 1. The van der Waals surface area contributed by atoms with E-state index in [-0.39, 0.29) is 37.3 Å². The van der Waals surface area contributed by atoms with Gasteiger partial charge in [-0.05, 0) is 51.3 Å². The molecule has 0 bridgehead atoms. The van der Waals surface area contributed by atoms with Crippen molar-refractivity contribution in [1.82, 2.24) is 0 Å². The lowest BCUT2D eigenvalue weighted by Crippen LogP contribution is -2.23. The van der Waals surface area contributed by atoms with Crippen molar-refractivity contribution < 1.29 is 29.2 Å². The quantitative estimate of drug-likeness (QED) is 0.367. The lowest BCUT2D eigenvalue weighted by molar-refractivity contribution is -0.147. The van der Waals surface area contributed by atoms with Crippen molar-refractivity contribution in [2.24, 2.45) is 5.92 Å².